The van der Waals surface area contributed by atoms with Crippen molar-refractivity contribution in [2.75, 3.05) is 0 Å². The molecule has 0 amide bonds. The minimum absolute atomic E-state index is 0. The van der Waals surface area contributed by atoms with Gasteiger partial charge in [-0.2, -0.15) is 0 Å². The number of phenolic OH excluding ortho intramolecular Hbond substituents is 1. The largest absolute Gasteiger partial charge is 0.508 e. The Balaban J connectivity index is 0.00000208. The van der Waals surface area contributed by atoms with Gasteiger partial charge in [0.2, 0.25) is 0 Å². The Labute approximate surface area is 148 Å². The number of benzene rings is 2. The summed E-state index contributed by atoms with van der Waals surface area (Å²) in [7, 11) is 0. The normalized spacial score (nSPS) is 23.5. The maximum absolute atomic E-state index is 9.97. The number of rotatable bonds is 3. The summed E-state index contributed by atoms with van der Waals surface area (Å²) < 4.78 is 5.97. The van der Waals surface area contributed by atoms with E-state index in [0.717, 1.165) is 16.7 Å². The highest BCUT2D eigenvalue weighted by Crippen LogP contribution is 2.33. The fourth-order valence-electron chi connectivity index (χ4n) is 3.10. The fourth-order valence-corrected chi connectivity index (χ4v) is 3.28. The van der Waals surface area contributed by atoms with Crippen molar-refractivity contribution in [3.05, 3.63) is 64.2 Å². The first-order valence-corrected chi connectivity index (χ1v) is 8.29. The average molecular weight is 349 g/mol. The van der Waals surface area contributed by atoms with Gasteiger partial charge in [-0.05, 0) is 54.7 Å². The molecule has 2 aromatic rings. The van der Waals surface area contributed by atoms with E-state index in [1.165, 1.54) is 0 Å². The highest BCUT2D eigenvalue weighted by atomic mass is 35.5. The van der Waals surface area contributed by atoms with Crippen molar-refractivity contribution in [3.63, 3.8) is 0 Å². The Morgan fingerprint density at radius 2 is 1.83 bits per heavy atom. The summed E-state index contributed by atoms with van der Waals surface area (Å²) >= 11 is 6.33. The quantitative estimate of drug-likeness (QED) is 0.831. The van der Waals surface area contributed by atoms with Crippen LogP contribution in [0.4, 0.5) is 0 Å². The lowest BCUT2D eigenvalue weighted by atomic mass is 9.94. The zero-order valence-electron chi connectivity index (χ0n) is 13.1. The van der Waals surface area contributed by atoms with Gasteiger partial charge in [0.05, 0.1) is 18.3 Å². The van der Waals surface area contributed by atoms with Gasteiger partial charge in [0, 0.05) is 11.4 Å². The maximum Gasteiger partial charge on any atom is 0.115 e. The van der Waals surface area contributed by atoms with Gasteiger partial charge in [-0.15, -0.1) is 0 Å². The maximum atomic E-state index is 9.97. The van der Waals surface area contributed by atoms with Crippen LogP contribution >= 0.6 is 11.6 Å². The minimum Gasteiger partial charge on any atom is -0.508 e. The molecule has 0 spiro atoms. The predicted molar refractivity (Wildman–Crippen MR) is 97.6 cm³/mol. The molecular weight excluding hydrogens is 324 g/mol. The van der Waals surface area contributed by atoms with Crippen molar-refractivity contribution in [2.24, 2.45) is 0 Å². The molecule has 2 aromatic carbocycles. The number of hydrogen-bond donors (Lipinski definition) is 2. The van der Waals surface area contributed by atoms with Gasteiger partial charge in [0.25, 0.3) is 0 Å². The van der Waals surface area contributed by atoms with E-state index in [0.29, 0.717) is 24.3 Å². The summed E-state index contributed by atoms with van der Waals surface area (Å²) in [6.07, 6.45) is 1.64. The molecule has 3 nitrogen and oxygen atoms in total. The molecule has 3 unspecified atom stereocenters. The first-order valence-electron chi connectivity index (χ1n) is 7.91. The molecule has 24 heavy (non-hydrogen) atoms. The molecule has 1 aliphatic rings. The second-order valence-corrected chi connectivity index (χ2v) is 6.66. The Kier molecular flexibility index (Phi) is 6.27. The lowest BCUT2D eigenvalue weighted by Gasteiger charge is -2.31. The number of phenols is 1. The lowest BCUT2D eigenvalue weighted by Crippen LogP contribution is -2.29. The summed E-state index contributed by atoms with van der Waals surface area (Å²) in [5.74, 6) is 0.257. The monoisotopic (exact) mass is 348 g/mol. The molecule has 1 heterocycles. The van der Waals surface area contributed by atoms with Crippen molar-refractivity contribution < 1.29 is 14.9 Å². The molecule has 130 valence electrons. The molecule has 0 aliphatic carbocycles. The van der Waals surface area contributed by atoms with Gasteiger partial charge in [0.1, 0.15) is 5.75 Å². The number of ether oxygens (including phenoxy) is 1. The highest BCUT2D eigenvalue weighted by Gasteiger charge is 2.27. The van der Waals surface area contributed by atoms with E-state index in [1.54, 1.807) is 12.1 Å². The third-order valence-corrected chi connectivity index (χ3v) is 4.63. The number of aromatic hydroxyl groups is 1. The first-order chi connectivity index (χ1) is 11.0. The van der Waals surface area contributed by atoms with Crippen LogP contribution in [0.25, 0.3) is 0 Å². The molecule has 1 aliphatic heterocycles. The van der Waals surface area contributed by atoms with E-state index in [2.05, 4.69) is 6.07 Å². The zero-order chi connectivity index (χ0) is 16.4. The van der Waals surface area contributed by atoms with E-state index in [9.17, 15) is 10.2 Å². The van der Waals surface area contributed by atoms with Crippen molar-refractivity contribution >= 4 is 11.6 Å². The second kappa shape index (κ2) is 8.02. The van der Waals surface area contributed by atoms with Crippen LogP contribution in [0.15, 0.2) is 42.5 Å². The van der Waals surface area contributed by atoms with Gasteiger partial charge in [0.15, 0.2) is 0 Å². The van der Waals surface area contributed by atoms with Gasteiger partial charge in [-0.3, -0.25) is 0 Å². The molecule has 0 saturated carbocycles. The summed E-state index contributed by atoms with van der Waals surface area (Å²) in [6.45, 7) is 1.99. The van der Waals surface area contributed by atoms with Gasteiger partial charge < -0.3 is 14.9 Å². The van der Waals surface area contributed by atoms with Gasteiger partial charge in [-0.1, -0.05) is 43.3 Å². The Morgan fingerprint density at radius 1 is 1.12 bits per heavy atom. The van der Waals surface area contributed by atoms with Crippen LogP contribution in [-0.4, -0.2) is 22.4 Å². The second-order valence-electron chi connectivity index (χ2n) is 6.25. The molecule has 1 saturated heterocycles. The minimum atomic E-state index is -0.319. The predicted octanol–water partition coefficient (Wildman–Crippen LogP) is 4.87. The number of aliphatic hydroxyl groups excluding tert-OH is 1. The molecule has 0 radical (unpaired) electrons. The van der Waals surface area contributed by atoms with Crippen LogP contribution in [0.3, 0.4) is 0 Å². The molecule has 0 bridgehead atoms. The molecule has 3 rings (SSSR count). The van der Waals surface area contributed by atoms with E-state index in [4.69, 9.17) is 16.3 Å². The van der Waals surface area contributed by atoms with Crippen molar-refractivity contribution in [1.29, 1.82) is 0 Å². The van der Waals surface area contributed by atoms with Gasteiger partial charge >= 0.3 is 0 Å². The summed E-state index contributed by atoms with van der Waals surface area (Å²) in [5.41, 5.74) is 3.15. The van der Waals surface area contributed by atoms with Gasteiger partial charge in [-0.25, -0.2) is 0 Å². The molecular formula is C20H25ClO3. The van der Waals surface area contributed by atoms with Crippen molar-refractivity contribution in [1.82, 2.24) is 0 Å². The molecule has 1 fully saturated rings. The van der Waals surface area contributed by atoms with Crippen molar-refractivity contribution in [2.45, 2.75) is 51.9 Å². The van der Waals surface area contributed by atoms with E-state index >= 15 is 0 Å². The summed E-state index contributed by atoms with van der Waals surface area (Å²) in [6, 6.07) is 13.1. The Morgan fingerprint density at radius 3 is 2.50 bits per heavy atom. The van der Waals surface area contributed by atoms with E-state index in [-0.39, 0.29) is 31.5 Å². The topological polar surface area (TPSA) is 49.7 Å². The van der Waals surface area contributed by atoms with E-state index < -0.39 is 0 Å². The third-order valence-electron chi connectivity index (χ3n) is 4.26. The lowest BCUT2D eigenvalue weighted by molar-refractivity contribution is -0.0895. The summed E-state index contributed by atoms with van der Waals surface area (Å²) in [5, 5.41) is 20.1. The first kappa shape index (κ1) is 18.8. The zero-order valence-corrected chi connectivity index (χ0v) is 13.8. The molecule has 2 N–H and O–H groups in total. The van der Waals surface area contributed by atoms with E-state index in [1.807, 2.05) is 31.2 Å². The molecule has 3 atom stereocenters. The third kappa shape index (κ3) is 4.50. The summed E-state index contributed by atoms with van der Waals surface area (Å²) in [4.78, 5) is 0. The fraction of sp³-hybridized carbons (Fsp3) is 0.400. The highest BCUT2D eigenvalue weighted by molar-refractivity contribution is 6.31. The van der Waals surface area contributed by atoms with Crippen LogP contribution < -0.4 is 0 Å². The SMILES string of the molecule is C.CC1CC(O)CC(c2ccc(Cl)c(Cc3ccc(O)cc3)c2)O1. The Hall–Kier alpha value is -1.55. The van der Waals surface area contributed by atoms with Crippen LogP contribution in [0.1, 0.15) is 50.0 Å². The smallest absolute Gasteiger partial charge is 0.115 e. The molecule has 0 aromatic heterocycles. The van der Waals surface area contributed by atoms with Crippen LogP contribution in [0.5, 0.6) is 5.75 Å². The average Bonchev–Trinajstić information content (AvgIpc) is 2.50. The number of halogens is 1. The number of aliphatic hydroxyl groups is 1. The van der Waals surface area contributed by atoms with Crippen molar-refractivity contribution in [3.8, 4) is 5.75 Å². The van der Waals surface area contributed by atoms with Crippen LogP contribution in [0, 0.1) is 0 Å². The van der Waals surface area contributed by atoms with Crippen LogP contribution in [-0.2, 0) is 11.2 Å². The number of hydrogen-bond acceptors (Lipinski definition) is 3. The molecule has 4 heteroatoms. The standard InChI is InChI=1S/C19H21ClO3.CH4/c1-12-8-17(22)11-19(23-12)14-4-7-18(20)15(10-14)9-13-2-5-16(21)6-3-13;/h2-7,10,12,17,19,21-22H,8-9,11H2,1H3;1H4. The van der Waals surface area contributed by atoms with Crippen LogP contribution in [0.2, 0.25) is 5.02 Å². The Bertz CT molecular complexity index is 659.